The van der Waals surface area contributed by atoms with Crippen molar-refractivity contribution >= 4 is 43.4 Å². The maximum atomic E-state index is 6.06. The fourth-order valence-electron chi connectivity index (χ4n) is 3.60. The summed E-state index contributed by atoms with van der Waals surface area (Å²) in [5.41, 5.74) is 4.15. The van der Waals surface area contributed by atoms with Crippen LogP contribution in [0.3, 0.4) is 0 Å². The second-order valence-electron chi connectivity index (χ2n) is 7.23. The second kappa shape index (κ2) is 8.36. The Balaban J connectivity index is 1.72. The summed E-state index contributed by atoms with van der Waals surface area (Å²) in [7, 11) is 0. The van der Waals surface area contributed by atoms with Crippen molar-refractivity contribution in [1.82, 2.24) is 15.0 Å². The number of rotatable bonds is 5. The molecule has 0 spiro atoms. The summed E-state index contributed by atoms with van der Waals surface area (Å²) < 4.78 is 6.77. The summed E-state index contributed by atoms with van der Waals surface area (Å²) in [5.74, 6) is 1.67. The number of fused-ring (bicyclic) bond motifs is 3. The summed E-state index contributed by atoms with van der Waals surface area (Å²) in [6.07, 6.45) is 3.55. The first-order chi connectivity index (χ1) is 15.6. The maximum Gasteiger partial charge on any atom is 0.164 e. The number of hydrogen-bond acceptors (Lipinski definition) is 4. The van der Waals surface area contributed by atoms with Crippen molar-refractivity contribution in [3.8, 4) is 22.8 Å². The second-order valence-corrected chi connectivity index (χ2v) is 8.25. The Kier molecular flexibility index (Phi) is 5.25. The van der Waals surface area contributed by atoms with E-state index in [0.29, 0.717) is 22.0 Å². The van der Waals surface area contributed by atoms with Crippen molar-refractivity contribution in [3.63, 3.8) is 0 Å². The Morgan fingerprint density at radius 2 is 1.47 bits per heavy atom. The van der Waals surface area contributed by atoms with E-state index < -0.39 is 0 Å². The third kappa shape index (κ3) is 3.79. The SMILES string of the molecule is C=C/C(=C\C(=C)Br)c1nc(-c2ccccc2)nc(-c2ccc3c(c2)oc2ccccc23)n1. The molecule has 2 heterocycles. The largest absolute Gasteiger partial charge is 0.456 e. The zero-order chi connectivity index (χ0) is 22.1. The van der Waals surface area contributed by atoms with E-state index in [1.807, 2.05) is 72.8 Å². The molecular weight excluding hydrogens is 462 g/mol. The van der Waals surface area contributed by atoms with Gasteiger partial charge in [0.2, 0.25) is 0 Å². The standard InChI is InChI=1S/C27H18BrN3O/c1-3-18(15-17(2)28)25-29-26(19-9-5-4-6-10-19)31-27(30-25)20-13-14-22-21-11-7-8-12-23(21)32-24(22)16-20/h3-16H,1-2H2/b18-15+. The van der Waals surface area contributed by atoms with Crippen LogP contribution in [0.15, 0.2) is 107 Å². The van der Waals surface area contributed by atoms with Crippen molar-refractivity contribution in [2.24, 2.45) is 0 Å². The third-order valence-electron chi connectivity index (χ3n) is 5.09. The zero-order valence-electron chi connectivity index (χ0n) is 17.1. The minimum Gasteiger partial charge on any atom is -0.456 e. The lowest BCUT2D eigenvalue weighted by Crippen LogP contribution is -2.02. The molecule has 3 aromatic carbocycles. The van der Waals surface area contributed by atoms with Gasteiger partial charge in [-0.2, -0.15) is 0 Å². The smallest absolute Gasteiger partial charge is 0.164 e. The molecule has 0 saturated heterocycles. The van der Waals surface area contributed by atoms with Gasteiger partial charge in [0.15, 0.2) is 17.5 Å². The Morgan fingerprint density at radius 1 is 0.781 bits per heavy atom. The molecule has 0 unspecified atom stereocenters. The quantitative estimate of drug-likeness (QED) is 0.243. The minimum atomic E-state index is 0.522. The van der Waals surface area contributed by atoms with E-state index >= 15 is 0 Å². The molecule has 0 atom stereocenters. The lowest BCUT2D eigenvalue weighted by molar-refractivity contribution is 0.669. The highest BCUT2D eigenvalue weighted by atomic mass is 79.9. The number of halogens is 1. The van der Waals surface area contributed by atoms with Crippen molar-refractivity contribution in [2.75, 3.05) is 0 Å². The van der Waals surface area contributed by atoms with E-state index in [-0.39, 0.29) is 0 Å². The molecule has 5 rings (SSSR count). The molecule has 5 aromatic rings. The van der Waals surface area contributed by atoms with Crippen LogP contribution in [-0.4, -0.2) is 15.0 Å². The van der Waals surface area contributed by atoms with Crippen molar-refractivity contribution in [3.05, 3.63) is 108 Å². The molecule has 0 aliphatic rings. The lowest BCUT2D eigenvalue weighted by Gasteiger charge is -2.09. The molecule has 154 valence electrons. The van der Waals surface area contributed by atoms with Gasteiger partial charge in [-0.1, -0.05) is 89.8 Å². The fourth-order valence-corrected chi connectivity index (χ4v) is 3.85. The van der Waals surface area contributed by atoms with E-state index in [2.05, 4.69) is 35.2 Å². The Labute approximate surface area is 193 Å². The minimum absolute atomic E-state index is 0.522. The van der Waals surface area contributed by atoms with Crippen molar-refractivity contribution < 1.29 is 4.42 Å². The monoisotopic (exact) mass is 479 g/mol. The molecular formula is C27H18BrN3O. The van der Waals surface area contributed by atoms with Gasteiger partial charge < -0.3 is 4.42 Å². The van der Waals surface area contributed by atoms with Crippen LogP contribution in [0, 0.1) is 0 Å². The van der Waals surface area contributed by atoms with Crippen LogP contribution in [0.4, 0.5) is 0 Å². The number of nitrogens with zero attached hydrogens (tertiary/aromatic N) is 3. The van der Waals surface area contributed by atoms with E-state index in [4.69, 9.17) is 19.4 Å². The molecule has 0 N–H and O–H groups in total. The molecule has 0 aliphatic carbocycles. The molecule has 5 heteroatoms. The Bertz CT molecular complexity index is 1520. The molecule has 0 aliphatic heterocycles. The third-order valence-corrected chi connectivity index (χ3v) is 5.32. The van der Waals surface area contributed by atoms with Gasteiger partial charge in [-0.3, -0.25) is 0 Å². The van der Waals surface area contributed by atoms with Crippen LogP contribution >= 0.6 is 15.9 Å². The summed E-state index contributed by atoms with van der Waals surface area (Å²) in [5, 5.41) is 2.15. The highest BCUT2D eigenvalue weighted by Crippen LogP contribution is 2.32. The first-order valence-corrected chi connectivity index (χ1v) is 10.8. The predicted octanol–water partition coefficient (Wildman–Crippen LogP) is 7.58. The molecule has 32 heavy (non-hydrogen) atoms. The average Bonchev–Trinajstić information content (AvgIpc) is 3.20. The van der Waals surface area contributed by atoms with Gasteiger partial charge in [-0.15, -0.1) is 0 Å². The molecule has 0 amide bonds. The zero-order valence-corrected chi connectivity index (χ0v) is 18.7. The first kappa shape index (κ1) is 20.1. The topological polar surface area (TPSA) is 51.8 Å². The van der Waals surface area contributed by atoms with Gasteiger partial charge in [0.25, 0.3) is 0 Å². The van der Waals surface area contributed by atoms with E-state index in [9.17, 15) is 0 Å². The van der Waals surface area contributed by atoms with Crippen LogP contribution in [-0.2, 0) is 0 Å². The van der Waals surface area contributed by atoms with Gasteiger partial charge in [0.1, 0.15) is 11.2 Å². The van der Waals surface area contributed by atoms with E-state index in [0.717, 1.165) is 38.6 Å². The van der Waals surface area contributed by atoms with Crippen molar-refractivity contribution in [2.45, 2.75) is 0 Å². The molecule has 0 saturated carbocycles. The van der Waals surface area contributed by atoms with Crippen molar-refractivity contribution in [1.29, 1.82) is 0 Å². The van der Waals surface area contributed by atoms with Gasteiger partial charge in [-0.25, -0.2) is 15.0 Å². The van der Waals surface area contributed by atoms with Crippen LogP contribution in [0.25, 0.3) is 50.3 Å². The highest BCUT2D eigenvalue weighted by molar-refractivity contribution is 9.11. The predicted molar refractivity (Wildman–Crippen MR) is 134 cm³/mol. The normalized spacial score (nSPS) is 11.7. The summed E-state index contributed by atoms with van der Waals surface area (Å²) in [6.45, 7) is 7.81. The number of allylic oxidation sites excluding steroid dienone is 4. The molecule has 0 bridgehead atoms. The molecule has 0 radical (unpaired) electrons. The van der Waals surface area contributed by atoms with Crippen LogP contribution in [0.5, 0.6) is 0 Å². The average molecular weight is 480 g/mol. The number of hydrogen-bond donors (Lipinski definition) is 0. The van der Waals surface area contributed by atoms with E-state index in [1.165, 1.54) is 0 Å². The van der Waals surface area contributed by atoms with Crippen LogP contribution in [0.1, 0.15) is 5.82 Å². The number of furan rings is 1. The maximum absolute atomic E-state index is 6.06. The van der Waals surface area contributed by atoms with Crippen LogP contribution < -0.4 is 0 Å². The van der Waals surface area contributed by atoms with Gasteiger partial charge >= 0.3 is 0 Å². The van der Waals surface area contributed by atoms with Gasteiger partial charge in [0, 0.05) is 32.0 Å². The number of aromatic nitrogens is 3. The van der Waals surface area contributed by atoms with Gasteiger partial charge in [0.05, 0.1) is 0 Å². The lowest BCUT2D eigenvalue weighted by atomic mass is 10.1. The van der Waals surface area contributed by atoms with Crippen LogP contribution in [0.2, 0.25) is 0 Å². The van der Waals surface area contributed by atoms with Gasteiger partial charge in [-0.05, 0) is 24.3 Å². The summed E-state index contributed by atoms with van der Waals surface area (Å²) in [4.78, 5) is 14.2. The first-order valence-electron chi connectivity index (χ1n) is 10.0. The summed E-state index contributed by atoms with van der Waals surface area (Å²) in [6, 6.07) is 23.9. The molecule has 2 aromatic heterocycles. The number of para-hydroxylation sites is 1. The molecule has 4 nitrogen and oxygen atoms in total. The fraction of sp³-hybridized carbons (Fsp3) is 0. The highest BCUT2D eigenvalue weighted by Gasteiger charge is 2.14. The summed E-state index contributed by atoms with van der Waals surface area (Å²) >= 11 is 3.38. The number of benzene rings is 3. The van der Waals surface area contributed by atoms with E-state index in [1.54, 1.807) is 6.08 Å². The Morgan fingerprint density at radius 3 is 2.22 bits per heavy atom. The Hall–Kier alpha value is -3.83. The molecule has 0 fully saturated rings.